The summed E-state index contributed by atoms with van der Waals surface area (Å²) in [5, 5.41) is 12.2. The summed E-state index contributed by atoms with van der Waals surface area (Å²) in [6, 6.07) is 16.6. The Morgan fingerprint density at radius 1 is 0.781 bits per heavy atom. The molecule has 0 unspecified atom stereocenters. The lowest BCUT2D eigenvalue weighted by Crippen LogP contribution is -2.20. The van der Waals surface area contributed by atoms with Crippen molar-refractivity contribution in [3.8, 4) is 0 Å². The molecule has 0 saturated heterocycles. The number of aromatic nitrogens is 5. The summed E-state index contributed by atoms with van der Waals surface area (Å²) < 4.78 is 2.19. The first-order chi connectivity index (χ1) is 15.4. The average Bonchev–Trinajstić information content (AvgIpc) is 3.42. The number of aromatic amines is 4. The van der Waals surface area contributed by atoms with Gasteiger partial charge in [-0.3, -0.25) is 19.8 Å². The van der Waals surface area contributed by atoms with Crippen molar-refractivity contribution >= 4 is 10.9 Å². The molecular formula is C25H25N5O2. The van der Waals surface area contributed by atoms with E-state index in [0.717, 1.165) is 27.9 Å². The zero-order chi connectivity index (χ0) is 22.4. The lowest BCUT2D eigenvalue weighted by atomic mass is 9.85. The maximum Gasteiger partial charge on any atom is 0.268 e. The van der Waals surface area contributed by atoms with Gasteiger partial charge in [0.15, 0.2) is 0 Å². The first-order valence-corrected chi connectivity index (χ1v) is 10.6. The van der Waals surface area contributed by atoms with Crippen molar-refractivity contribution in [2.24, 2.45) is 0 Å². The molecule has 5 aromatic rings. The van der Waals surface area contributed by atoms with E-state index in [0.29, 0.717) is 17.7 Å². The highest BCUT2D eigenvalue weighted by Crippen LogP contribution is 2.36. The molecule has 162 valence electrons. The molecule has 0 fully saturated rings. The van der Waals surface area contributed by atoms with Crippen molar-refractivity contribution in [1.29, 1.82) is 0 Å². The minimum absolute atomic E-state index is 0.220. The minimum Gasteiger partial charge on any atom is -0.343 e. The van der Waals surface area contributed by atoms with E-state index < -0.39 is 5.92 Å². The Bertz CT molecular complexity index is 1470. The first-order valence-electron chi connectivity index (χ1n) is 10.6. The van der Waals surface area contributed by atoms with Gasteiger partial charge in [0.05, 0.1) is 17.0 Å². The molecule has 7 heteroatoms. The van der Waals surface area contributed by atoms with E-state index in [-0.39, 0.29) is 11.1 Å². The Morgan fingerprint density at radius 2 is 1.38 bits per heavy atom. The number of aryl methyl sites for hydroxylation is 3. The van der Waals surface area contributed by atoms with Gasteiger partial charge in [-0.2, -0.15) is 0 Å². The van der Waals surface area contributed by atoms with E-state index >= 15 is 0 Å². The molecule has 0 atom stereocenters. The van der Waals surface area contributed by atoms with Crippen LogP contribution < -0.4 is 11.1 Å². The molecule has 0 aliphatic rings. The Kier molecular flexibility index (Phi) is 4.74. The standard InChI is InChI=1S/C25H25N5O2/c1-14-8-10-17(11-9-14)12-30-13-19(18-6-4-5-7-20(18)30)23(21-15(2)26-28-24(21)31)22-16(3)27-29-25(22)32/h4-11,13,23H,12H2,1-3H3,(H2,26,28,31)(H2,27,29,32). The van der Waals surface area contributed by atoms with Gasteiger partial charge in [0.1, 0.15) is 0 Å². The Balaban J connectivity index is 1.76. The van der Waals surface area contributed by atoms with E-state index in [1.165, 1.54) is 11.1 Å². The second-order valence-electron chi connectivity index (χ2n) is 8.38. The number of nitrogens with one attached hydrogen (secondary N) is 4. The predicted molar refractivity (Wildman–Crippen MR) is 125 cm³/mol. The molecule has 7 nitrogen and oxygen atoms in total. The summed E-state index contributed by atoms with van der Waals surface area (Å²) in [5.41, 5.74) is 6.49. The number of para-hydroxylation sites is 1. The Labute approximate surface area is 184 Å². The third-order valence-electron chi connectivity index (χ3n) is 6.21. The van der Waals surface area contributed by atoms with Crippen molar-refractivity contribution < 1.29 is 0 Å². The van der Waals surface area contributed by atoms with Gasteiger partial charge in [-0.05, 0) is 38.0 Å². The van der Waals surface area contributed by atoms with Gasteiger partial charge in [-0.15, -0.1) is 0 Å². The van der Waals surface area contributed by atoms with E-state index in [1.54, 1.807) is 0 Å². The third kappa shape index (κ3) is 3.22. The second-order valence-corrected chi connectivity index (χ2v) is 8.38. The molecule has 0 aliphatic heterocycles. The van der Waals surface area contributed by atoms with Crippen LogP contribution in [0.25, 0.3) is 10.9 Å². The molecule has 32 heavy (non-hydrogen) atoms. The van der Waals surface area contributed by atoms with Crippen molar-refractivity contribution in [1.82, 2.24) is 25.0 Å². The van der Waals surface area contributed by atoms with Crippen LogP contribution in [0.2, 0.25) is 0 Å². The molecule has 0 amide bonds. The molecule has 3 aromatic heterocycles. The molecular weight excluding hydrogens is 402 g/mol. The van der Waals surface area contributed by atoms with E-state index in [2.05, 4.69) is 74.5 Å². The topological polar surface area (TPSA) is 102 Å². The lowest BCUT2D eigenvalue weighted by molar-refractivity contribution is 0.822. The fourth-order valence-electron chi connectivity index (χ4n) is 4.59. The van der Waals surface area contributed by atoms with Gasteiger partial charge in [-0.1, -0.05) is 48.0 Å². The summed E-state index contributed by atoms with van der Waals surface area (Å²) in [4.78, 5) is 25.6. The third-order valence-corrected chi connectivity index (χ3v) is 6.21. The SMILES string of the molecule is Cc1ccc(Cn2cc(C(c3c(C)[nH][nH]c3=O)c3c(C)[nH][nH]c3=O)c3ccccc32)cc1. The summed E-state index contributed by atoms with van der Waals surface area (Å²) in [5.74, 6) is -0.510. The molecule has 0 spiro atoms. The number of fused-ring (bicyclic) bond motifs is 1. The van der Waals surface area contributed by atoms with Crippen LogP contribution in [0.15, 0.2) is 64.3 Å². The van der Waals surface area contributed by atoms with Crippen LogP contribution in [-0.4, -0.2) is 25.0 Å². The van der Waals surface area contributed by atoms with E-state index in [9.17, 15) is 9.59 Å². The quantitative estimate of drug-likeness (QED) is 0.343. The Morgan fingerprint density at radius 3 is 1.94 bits per heavy atom. The number of hydrogen-bond donors (Lipinski definition) is 4. The van der Waals surface area contributed by atoms with Gasteiger partial charge < -0.3 is 14.8 Å². The zero-order valence-corrected chi connectivity index (χ0v) is 18.2. The van der Waals surface area contributed by atoms with Gasteiger partial charge in [0.25, 0.3) is 11.1 Å². The number of nitrogens with zero attached hydrogens (tertiary/aromatic N) is 1. The molecule has 0 radical (unpaired) electrons. The normalized spacial score (nSPS) is 11.6. The summed E-state index contributed by atoms with van der Waals surface area (Å²) in [6.07, 6.45) is 2.08. The number of hydrogen-bond acceptors (Lipinski definition) is 2. The second kappa shape index (κ2) is 7.60. The van der Waals surface area contributed by atoms with Crippen LogP contribution in [0.4, 0.5) is 0 Å². The van der Waals surface area contributed by atoms with Crippen molar-refractivity contribution in [2.75, 3.05) is 0 Å². The lowest BCUT2D eigenvalue weighted by Gasteiger charge is -2.15. The highest BCUT2D eigenvalue weighted by molar-refractivity contribution is 5.86. The van der Waals surface area contributed by atoms with E-state index in [1.807, 2.05) is 26.0 Å². The number of H-pyrrole nitrogens is 4. The van der Waals surface area contributed by atoms with Gasteiger partial charge in [-0.25, -0.2) is 0 Å². The number of rotatable bonds is 5. The van der Waals surface area contributed by atoms with Gasteiger partial charge in [0, 0.05) is 35.0 Å². The molecule has 0 aliphatic carbocycles. The van der Waals surface area contributed by atoms with Crippen molar-refractivity contribution in [3.05, 3.63) is 115 Å². The van der Waals surface area contributed by atoms with Crippen LogP contribution in [0.1, 0.15) is 45.1 Å². The van der Waals surface area contributed by atoms with E-state index in [4.69, 9.17) is 0 Å². The average molecular weight is 428 g/mol. The van der Waals surface area contributed by atoms with Gasteiger partial charge >= 0.3 is 0 Å². The minimum atomic E-state index is -0.510. The molecule has 0 bridgehead atoms. The molecule has 5 rings (SSSR count). The maximum absolute atomic E-state index is 12.8. The first kappa shape index (κ1) is 19.9. The van der Waals surface area contributed by atoms with Crippen LogP contribution >= 0.6 is 0 Å². The number of benzene rings is 2. The summed E-state index contributed by atoms with van der Waals surface area (Å²) in [7, 11) is 0. The monoisotopic (exact) mass is 427 g/mol. The highest BCUT2D eigenvalue weighted by atomic mass is 16.1. The predicted octanol–water partition coefficient (Wildman–Crippen LogP) is 3.83. The smallest absolute Gasteiger partial charge is 0.268 e. The summed E-state index contributed by atoms with van der Waals surface area (Å²) >= 11 is 0. The van der Waals surface area contributed by atoms with Crippen LogP contribution in [0.5, 0.6) is 0 Å². The molecule has 3 heterocycles. The fraction of sp³-hybridized carbons (Fsp3) is 0.200. The summed E-state index contributed by atoms with van der Waals surface area (Å²) in [6.45, 7) is 6.47. The highest BCUT2D eigenvalue weighted by Gasteiger charge is 2.30. The maximum atomic E-state index is 12.8. The Hall–Kier alpha value is -4.00. The van der Waals surface area contributed by atoms with Crippen molar-refractivity contribution in [3.63, 3.8) is 0 Å². The van der Waals surface area contributed by atoms with Crippen LogP contribution in [0, 0.1) is 20.8 Å². The molecule has 4 N–H and O–H groups in total. The fourth-order valence-corrected chi connectivity index (χ4v) is 4.59. The largest absolute Gasteiger partial charge is 0.343 e. The van der Waals surface area contributed by atoms with Crippen LogP contribution in [-0.2, 0) is 6.54 Å². The molecule has 2 aromatic carbocycles. The van der Waals surface area contributed by atoms with Crippen molar-refractivity contribution in [2.45, 2.75) is 33.2 Å². The van der Waals surface area contributed by atoms with Crippen LogP contribution in [0.3, 0.4) is 0 Å². The zero-order valence-electron chi connectivity index (χ0n) is 18.2. The van der Waals surface area contributed by atoms with Gasteiger partial charge in [0.2, 0.25) is 0 Å². The molecule has 0 saturated carbocycles.